The van der Waals surface area contributed by atoms with Crippen LogP contribution in [0.3, 0.4) is 0 Å². The summed E-state index contributed by atoms with van der Waals surface area (Å²) in [5.74, 6) is -2.93. The fraction of sp³-hybridized carbons (Fsp3) is 0.769. The third kappa shape index (κ3) is 6.56. The van der Waals surface area contributed by atoms with Crippen molar-refractivity contribution in [3.8, 4) is 0 Å². The third-order valence-electron chi connectivity index (χ3n) is 2.73. The van der Waals surface area contributed by atoms with Crippen LogP contribution >= 0.6 is 7.82 Å². The predicted molar refractivity (Wildman–Crippen MR) is 80.0 cm³/mol. The largest absolute Gasteiger partial charge is 0.475 e. The molecule has 0 rings (SSSR count). The second kappa shape index (κ2) is 10.4. The average molecular weight is 370 g/mol. The summed E-state index contributed by atoms with van der Waals surface area (Å²) >= 11 is 0. The van der Waals surface area contributed by atoms with Crippen molar-refractivity contribution in [1.29, 1.82) is 0 Å². The van der Waals surface area contributed by atoms with Crippen LogP contribution in [0.2, 0.25) is 0 Å². The molecule has 10 nitrogen and oxygen atoms in total. The highest BCUT2D eigenvalue weighted by Crippen LogP contribution is 2.54. The van der Waals surface area contributed by atoms with Crippen LogP contribution in [0.5, 0.6) is 0 Å². The normalized spacial score (nSPS) is 11.7. The van der Waals surface area contributed by atoms with Crippen LogP contribution in [0.15, 0.2) is 0 Å². The van der Waals surface area contributed by atoms with Gasteiger partial charge in [0, 0.05) is 0 Å². The zero-order valence-electron chi connectivity index (χ0n) is 14.4. The number of rotatable bonds is 11. The van der Waals surface area contributed by atoms with Crippen LogP contribution in [0, 0.1) is 0 Å². The Morgan fingerprint density at radius 2 is 1.25 bits per heavy atom. The summed E-state index contributed by atoms with van der Waals surface area (Å²) in [5, 5.41) is 0. The number of ether oxygens (including phenoxy) is 3. The van der Waals surface area contributed by atoms with Gasteiger partial charge in [0.05, 0.1) is 47.4 Å². The lowest BCUT2D eigenvalue weighted by molar-refractivity contribution is -0.173. The van der Waals surface area contributed by atoms with E-state index in [1.54, 1.807) is 0 Å². The van der Waals surface area contributed by atoms with Crippen molar-refractivity contribution in [2.75, 3.05) is 34.5 Å². The zero-order chi connectivity index (χ0) is 18.8. The Bertz CT molecular complexity index is 461. The molecular formula is C13H23O10P. The van der Waals surface area contributed by atoms with Crippen LogP contribution in [-0.2, 0) is 46.7 Å². The fourth-order valence-electron chi connectivity index (χ4n) is 1.73. The molecule has 0 aliphatic rings. The monoisotopic (exact) mass is 370 g/mol. The van der Waals surface area contributed by atoms with Gasteiger partial charge in [0.25, 0.3) is 0 Å². The molecule has 0 spiro atoms. The molecule has 24 heavy (non-hydrogen) atoms. The second-order valence-electron chi connectivity index (χ2n) is 4.37. The van der Waals surface area contributed by atoms with Gasteiger partial charge in [-0.05, 0) is 13.8 Å². The molecule has 0 saturated heterocycles. The van der Waals surface area contributed by atoms with Crippen molar-refractivity contribution in [3.05, 3.63) is 0 Å². The number of methoxy groups -OCH3 is 3. The second-order valence-corrected chi connectivity index (χ2v) is 5.96. The molecule has 0 amide bonds. The maximum atomic E-state index is 12.6. The molecule has 0 N–H and O–H groups in total. The maximum Gasteiger partial charge on any atom is 0.475 e. The molecule has 0 bridgehead atoms. The number of hydrogen-bond donors (Lipinski definition) is 0. The molecule has 0 radical (unpaired) electrons. The smallest absolute Gasteiger partial charge is 0.469 e. The van der Waals surface area contributed by atoms with Crippen molar-refractivity contribution < 1.29 is 46.7 Å². The Kier molecular flexibility index (Phi) is 9.76. The Morgan fingerprint density at radius 3 is 1.54 bits per heavy atom. The molecule has 11 heteroatoms. The fourth-order valence-corrected chi connectivity index (χ4v) is 3.17. The van der Waals surface area contributed by atoms with Gasteiger partial charge >= 0.3 is 25.7 Å². The molecule has 0 aliphatic carbocycles. The summed E-state index contributed by atoms with van der Waals surface area (Å²) in [5.41, 5.74) is -2.28. The van der Waals surface area contributed by atoms with E-state index in [0.717, 1.165) is 21.3 Å². The zero-order valence-corrected chi connectivity index (χ0v) is 15.3. The quantitative estimate of drug-likeness (QED) is 0.298. The lowest BCUT2D eigenvalue weighted by Crippen LogP contribution is -2.46. The summed E-state index contributed by atoms with van der Waals surface area (Å²) in [6.45, 7) is 2.92. The molecule has 0 atom stereocenters. The number of carbonyl (C=O) groups excluding carboxylic acids is 3. The summed E-state index contributed by atoms with van der Waals surface area (Å²) in [4.78, 5) is 35.6. The molecule has 0 fully saturated rings. The van der Waals surface area contributed by atoms with E-state index in [4.69, 9.17) is 13.6 Å². The minimum Gasteiger partial charge on any atom is -0.469 e. The van der Waals surface area contributed by atoms with E-state index in [0.29, 0.717) is 0 Å². The molecule has 0 aromatic rings. The first-order valence-corrected chi connectivity index (χ1v) is 8.50. The van der Waals surface area contributed by atoms with Crippen LogP contribution in [0.4, 0.5) is 0 Å². The summed E-state index contributed by atoms with van der Waals surface area (Å²) in [6, 6.07) is 0. The molecular weight excluding hydrogens is 347 g/mol. The van der Waals surface area contributed by atoms with E-state index < -0.39 is 44.2 Å². The van der Waals surface area contributed by atoms with Crippen LogP contribution < -0.4 is 0 Å². The maximum absolute atomic E-state index is 12.6. The Morgan fingerprint density at radius 1 is 0.833 bits per heavy atom. The Balaban J connectivity index is 5.92. The highest BCUT2D eigenvalue weighted by atomic mass is 31.2. The molecule has 0 aromatic carbocycles. The first-order chi connectivity index (χ1) is 11.2. The first-order valence-electron chi connectivity index (χ1n) is 7.04. The Hall–Kier alpha value is -1.48. The van der Waals surface area contributed by atoms with Crippen molar-refractivity contribution in [1.82, 2.24) is 0 Å². The molecule has 0 unspecified atom stereocenters. The minimum atomic E-state index is -4.26. The minimum absolute atomic E-state index is 0.0645. The van der Waals surface area contributed by atoms with Crippen molar-refractivity contribution >= 4 is 25.7 Å². The van der Waals surface area contributed by atoms with Crippen LogP contribution in [0.1, 0.15) is 26.7 Å². The van der Waals surface area contributed by atoms with Gasteiger partial charge in [0.2, 0.25) is 0 Å². The highest BCUT2D eigenvalue weighted by molar-refractivity contribution is 7.48. The summed E-state index contributed by atoms with van der Waals surface area (Å²) < 4.78 is 41.3. The van der Waals surface area contributed by atoms with Crippen molar-refractivity contribution in [2.24, 2.45) is 0 Å². The lowest BCUT2D eigenvalue weighted by Gasteiger charge is -2.31. The van der Waals surface area contributed by atoms with E-state index in [1.165, 1.54) is 13.8 Å². The van der Waals surface area contributed by atoms with E-state index in [2.05, 4.69) is 14.2 Å². The highest BCUT2D eigenvalue weighted by Gasteiger charge is 2.52. The summed E-state index contributed by atoms with van der Waals surface area (Å²) in [6.07, 6.45) is -1.51. The number of hydrogen-bond acceptors (Lipinski definition) is 10. The van der Waals surface area contributed by atoms with Gasteiger partial charge in [-0.1, -0.05) is 0 Å². The molecule has 0 aliphatic heterocycles. The van der Waals surface area contributed by atoms with Gasteiger partial charge in [-0.15, -0.1) is 0 Å². The van der Waals surface area contributed by atoms with Gasteiger partial charge in [-0.2, -0.15) is 0 Å². The Labute approximate surface area is 140 Å². The standard InChI is InChI=1S/C13H23O10P/c1-6-21-24(17,22-7-2)23-13(12(16)20-5,8-10(14)18-3)9-11(15)19-4/h6-9H2,1-5H3. The van der Waals surface area contributed by atoms with E-state index in [9.17, 15) is 18.9 Å². The molecule has 140 valence electrons. The van der Waals surface area contributed by atoms with Crippen molar-refractivity contribution in [2.45, 2.75) is 32.3 Å². The van der Waals surface area contributed by atoms with Gasteiger partial charge < -0.3 is 14.2 Å². The van der Waals surface area contributed by atoms with E-state index in [-0.39, 0.29) is 13.2 Å². The molecule has 0 saturated carbocycles. The van der Waals surface area contributed by atoms with Gasteiger partial charge in [0.1, 0.15) is 0 Å². The lowest BCUT2D eigenvalue weighted by atomic mass is 9.95. The van der Waals surface area contributed by atoms with Crippen molar-refractivity contribution in [3.63, 3.8) is 0 Å². The SMILES string of the molecule is CCOP(=O)(OCC)OC(CC(=O)OC)(CC(=O)OC)C(=O)OC. The van der Waals surface area contributed by atoms with Gasteiger partial charge in [0.15, 0.2) is 5.60 Å². The number of carbonyl (C=O) groups is 3. The third-order valence-corrected chi connectivity index (χ3v) is 4.46. The van der Waals surface area contributed by atoms with Gasteiger partial charge in [-0.25, -0.2) is 9.36 Å². The average Bonchev–Trinajstić information content (AvgIpc) is 2.53. The van der Waals surface area contributed by atoms with E-state index >= 15 is 0 Å². The number of phosphoric acid groups is 1. The van der Waals surface area contributed by atoms with Gasteiger partial charge in [-0.3, -0.25) is 23.2 Å². The molecule has 0 heterocycles. The summed E-state index contributed by atoms with van der Waals surface area (Å²) in [7, 11) is -1.09. The first kappa shape index (κ1) is 22.5. The predicted octanol–water partition coefficient (Wildman–Crippen LogP) is 1.22. The van der Waals surface area contributed by atoms with Crippen LogP contribution in [-0.4, -0.2) is 58.1 Å². The molecule has 0 aromatic heterocycles. The topological polar surface area (TPSA) is 124 Å². The number of esters is 3. The van der Waals surface area contributed by atoms with E-state index in [1.807, 2.05) is 0 Å². The van der Waals surface area contributed by atoms with Crippen LogP contribution in [0.25, 0.3) is 0 Å². The number of phosphoric ester groups is 1.